The van der Waals surface area contributed by atoms with Gasteiger partial charge < -0.3 is 5.32 Å². The van der Waals surface area contributed by atoms with Crippen molar-refractivity contribution in [2.24, 2.45) is 11.8 Å². The van der Waals surface area contributed by atoms with Gasteiger partial charge in [0.1, 0.15) is 0 Å². The van der Waals surface area contributed by atoms with Crippen LogP contribution in [0.4, 0.5) is 0 Å². The monoisotopic (exact) mass is 325 g/mol. The average Bonchev–Trinajstić information content (AvgIpc) is 3.08. The molecule has 23 heavy (non-hydrogen) atoms. The van der Waals surface area contributed by atoms with Crippen LogP contribution in [0.1, 0.15) is 11.1 Å². The number of hydrogen-bond acceptors (Lipinski definition) is 2. The molecule has 4 rings (SSSR count). The van der Waals surface area contributed by atoms with Gasteiger partial charge in [-0.2, -0.15) is 0 Å². The summed E-state index contributed by atoms with van der Waals surface area (Å²) in [7, 11) is 0. The molecule has 0 amide bonds. The Morgan fingerprint density at radius 1 is 0.870 bits per heavy atom. The number of fused-ring (bicyclic) bond motifs is 1. The quantitative estimate of drug-likeness (QED) is 0.917. The predicted octanol–water partition coefficient (Wildman–Crippen LogP) is 3.37. The van der Waals surface area contributed by atoms with Crippen molar-refractivity contribution in [3.8, 4) is 0 Å². The number of rotatable bonds is 2. The fourth-order valence-electron chi connectivity index (χ4n) is 4.13. The smallest absolute Gasteiger partial charge is 0.160 e. The molecule has 3 heteroatoms. The van der Waals surface area contributed by atoms with E-state index in [1.807, 2.05) is 12.1 Å². The Labute approximate surface area is 143 Å². The van der Waals surface area contributed by atoms with Crippen molar-refractivity contribution in [2.75, 3.05) is 13.1 Å². The minimum atomic E-state index is -0.218. The van der Waals surface area contributed by atoms with E-state index in [2.05, 4.69) is 59.9 Å². The van der Waals surface area contributed by atoms with Crippen LogP contribution >= 0.6 is 12.4 Å². The van der Waals surface area contributed by atoms with Gasteiger partial charge in [0, 0.05) is 24.4 Å². The Morgan fingerprint density at radius 2 is 1.43 bits per heavy atom. The fourth-order valence-corrected chi connectivity index (χ4v) is 4.13. The van der Waals surface area contributed by atoms with Crippen LogP contribution < -0.4 is 5.32 Å². The van der Waals surface area contributed by atoms with Crippen molar-refractivity contribution in [3.05, 3.63) is 83.9 Å². The van der Waals surface area contributed by atoms with E-state index in [9.17, 15) is 4.79 Å². The number of halogens is 1. The summed E-state index contributed by atoms with van der Waals surface area (Å²) in [6.45, 7) is 1.67. The third kappa shape index (κ3) is 2.43. The number of carbonyl (C=O) groups is 1. The largest absolute Gasteiger partial charge is 0.316 e. The second-order valence-electron chi connectivity index (χ2n) is 6.21. The first-order valence-corrected chi connectivity index (χ1v) is 7.87. The lowest BCUT2D eigenvalue weighted by Crippen LogP contribution is -2.44. The average molecular weight is 326 g/mol. The van der Waals surface area contributed by atoms with Crippen LogP contribution in [-0.2, 0) is 10.2 Å². The summed E-state index contributed by atoms with van der Waals surface area (Å²) >= 11 is 0. The molecule has 2 aliphatic rings. The summed E-state index contributed by atoms with van der Waals surface area (Å²) in [5.41, 5.74) is 2.32. The Kier molecular flexibility index (Phi) is 4.38. The van der Waals surface area contributed by atoms with Gasteiger partial charge in [-0.1, -0.05) is 66.7 Å². The molecule has 1 aliphatic carbocycles. The normalized spacial score (nSPS) is 24.8. The second-order valence-corrected chi connectivity index (χ2v) is 6.21. The summed E-state index contributed by atoms with van der Waals surface area (Å²) in [5, 5.41) is 3.43. The van der Waals surface area contributed by atoms with Gasteiger partial charge in [-0.3, -0.25) is 4.79 Å². The fraction of sp³-hybridized carbons (Fsp3) is 0.250. The van der Waals surface area contributed by atoms with E-state index in [-0.39, 0.29) is 35.4 Å². The predicted molar refractivity (Wildman–Crippen MR) is 94.9 cm³/mol. The summed E-state index contributed by atoms with van der Waals surface area (Å²) in [5.74, 6) is 0.609. The maximum Gasteiger partial charge on any atom is 0.160 e. The molecule has 0 bridgehead atoms. The van der Waals surface area contributed by atoms with Crippen molar-refractivity contribution in [2.45, 2.75) is 5.41 Å². The molecule has 2 aromatic rings. The zero-order valence-electron chi connectivity index (χ0n) is 12.8. The Hall–Kier alpha value is -1.90. The van der Waals surface area contributed by atoms with Gasteiger partial charge in [-0.25, -0.2) is 0 Å². The SMILES string of the molecule is Cl.O=C1C=CC(c2ccccc2)(c2ccccc2)C2CNCC12. The molecule has 2 atom stereocenters. The van der Waals surface area contributed by atoms with Crippen LogP contribution in [0.25, 0.3) is 0 Å². The van der Waals surface area contributed by atoms with Crippen molar-refractivity contribution >= 4 is 18.2 Å². The van der Waals surface area contributed by atoms with Crippen molar-refractivity contribution in [1.82, 2.24) is 5.32 Å². The Bertz CT molecular complexity index is 671. The first-order chi connectivity index (χ1) is 10.8. The molecule has 1 saturated heterocycles. The zero-order valence-corrected chi connectivity index (χ0v) is 13.6. The maximum atomic E-state index is 12.3. The summed E-state index contributed by atoms with van der Waals surface area (Å²) in [6, 6.07) is 21.2. The molecule has 0 radical (unpaired) electrons. The van der Waals surface area contributed by atoms with Crippen LogP contribution in [0.2, 0.25) is 0 Å². The molecule has 0 aromatic heterocycles. The van der Waals surface area contributed by atoms with Crippen LogP contribution in [0.5, 0.6) is 0 Å². The zero-order chi connectivity index (χ0) is 15.0. The van der Waals surface area contributed by atoms with Crippen LogP contribution in [-0.4, -0.2) is 18.9 Å². The first kappa shape index (κ1) is 16.0. The van der Waals surface area contributed by atoms with Gasteiger partial charge in [-0.15, -0.1) is 12.4 Å². The lowest BCUT2D eigenvalue weighted by atomic mass is 9.59. The molecule has 0 saturated carbocycles. The van der Waals surface area contributed by atoms with Crippen LogP contribution in [0.15, 0.2) is 72.8 Å². The number of allylic oxidation sites excluding steroid dienone is 2. The highest BCUT2D eigenvalue weighted by Gasteiger charge is 2.50. The maximum absolute atomic E-state index is 12.3. The first-order valence-electron chi connectivity index (χ1n) is 7.87. The van der Waals surface area contributed by atoms with E-state index in [0.29, 0.717) is 0 Å². The van der Waals surface area contributed by atoms with E-state index in [0.717, 1.165) is 13.1 Å². The van der Waals surface area contributed by atoms with Gasteiger partial charge >= 0.3 is 0 Å². The van der Waals surface area contributed by atoms with E-state index in [1.165, 1.54) is 11.1 Å². The third-order valence-corrected chi connectivity index (χ3v) is 5.18. The molecular weight excluding hydrogens is 306 g/mol. The van der Waals surface area contributed by atoms with Gasteiger partial charge in [0.15, 0.2) is 5.78 Å². The van der Waals surface area contributed by atoms with Gasteiger partial charge in [-0.05, 0) is 23.1 Å². The number of hydrogen-bond donors (Lipinski definition) is 1. The molecule has 2 unspecified atom stereocenters. The van der Waals surface area contributed by atoms with Crippen molar-refractivity contribution in [1.29, 1.82) is 0 Å². The summed E-state index contributed by atoms with van der Waals surface area (Å²) < 4.78 is 0. The van der Waals surface area contributed by atoms with Crippen LogP contribution in [0, 0.1) is 11.8 Å². The number of nitrogens with one attached hydrogen (secondary N) is 1. The molecule has 1 fully saturated rings. The van der Waals surface area contributed by atoms with Gasteiger partial charge in [0.25, 0.3) is 0 Å². The van der Waals surface area contributed by atoms with Crippen LogP contribution in [0.3, 0.4) is 0 Å². The van der Waals surface area contributed by atoms with Crippen molar-refractivity contribution < 1.29 is 4.79 Å². The summed E-state index contributed by atoms with van der Waals surface area (Å²) in [6.07, 6.45) is 3.93. The molecule has 0 spiro atoms. The topological polar surface area (TPSA) is 29.1 Å². The Morgan fingerprint density at radius 3 is 2.00 bits per heavy atom. The molecule has 2 aromatic carbocycles. The highest BCUT2D eigenvalue weighted by atomic mass is 35.5. The molecule has 1 aliphatic heterocycles. The van der Waals surface area contributed by atoms with Gasteiger partial charge in [0.2, 0.25) is 0 Å². The molecule has 1 heterocycles. The number of carbonyl (C=O) groups excluding carboxylic acids is 1. The lowest BCUT2D eigenvalue weighted by Gasteiger charge is -2.42. The standard InChI is InChI=1S/C20H19NO.ClH/c22-19-11-12-20(15-7-3-1-4-8-15,16-9-5-2-6-10-16)18-14-21-13-17(18)19;/h1-12,17-18,21H,13-14H2;1H. The summed E-state index contributed by atoms with van der Waals surface area (Å²) in [4.78, 5) is 12.3. The van der Waals surface area contributed by atoms with E-state index >= 15 is 0 Å². The van der Waals surface area contributed by atoms with Crippen molar-refractivity contribution in [3.63, 3.8) is 0 Å². The molecule has 1 N–H and O–H groups in total. The molecular formula is C20H20ClNO. The molecule has 118 valence electrons. The van der Waals surface area contributed by atoms with E-state index in [1.54, 1.807) is 6.08 Å². The van der Waals surface area contributed by atoms with E-state index < -0.39 is 0 Å². The van der Waals surface area contributed by atoms with Gasteiger partial charge in [0.05, 0.1) is 0 Å². The minimum Gasteiger partial charge on any atom is -0.316 e. The molecule has 2 nitrogen and oxygen atoms in total. The van der Waals surface area contributed by atoms with E-state index in [4.69, 9.17) is 0 Å². The second kappa shape index (κ2) is 6.31. The highest BCUT2D eigenvalue weighted by Crippen LogP contribution is 2.47. The Balaban J connectivity index is 0.00000156. The highest BCUT2D eigenvalue weighted by molar-refractivity contribution is 5.94. The lowest BCUT2D eigenvalue weighted by molar-refractivity contribution is -0.119. The number of benzene rings is 2. The number of ketones is 1. The third-order valence-electron chi connectivity index (χ3n) is 5.18. The minimum absolute atomic E-state index is 0.